The molecule has 170 valence electrons. The van der Waals surface area contributed by atoms with Crippen LogP contribution in [0.5, 0.6) is 0 Å². The maximum atomic E-state index is 13.3. The summed E-state index contributed by atoms with van der Waals surface area (Å²) in [6, 6.07) is 12.5. The first-order valence-electron chi connectivity index (χ1n) is 11.3. The van der Waals surface area contributed by atoms with E-state index in [4.69, 9.17) is 14.6 Å². The topological polar surface area (TPSA) is 98.1 Å². The van der Waals surface area contributed by atoms with E-state index < -0.39 is 0 Å². The molecule has 33 heavy (non-hydrogen) atoms. The summed E-state index contributed by atoms with van der Waals surface area (Å²) in [6.45, 7) is 4.73. The van der Waals surface area contributed by atoms with E-state index in [1.54, 1.807) is 11.2 Å². The van der Waals surface area contributed by atoms with E-state index in [0.29, 0.717) is 18.3 Å². The summed E-state index contributed by atoms with van der Waals surface area (Å²) in [5.41, 5.74) is 3.95. The van der Waals surface area contributed by atoms with Crippen molar-refractivity contribution in [1.82, 2.24) is 19.7 Å². The number of aromatic nitrogens is 4. The molecule has 0 saturated heterocycles. The molecule has 0 unspecified atom stereocenters. The van der Waals surface area contributed by atoms with Crippen molar-refractivity contribution in [2.45, 2.75) is 64.5 Å². The van der Waals surface area contributed by atoms with Crippen molar-refractivity contribution in [2.24, 2.45) is 0 Å². The third kappa shape index (κ3) is 4.61. The van der Waals surface area contributed by atoms with Gasteiger partial charge in [0.1, 0.15) is 17.8 Å². The normalized spacial score (nSPS) is 15.7. The number of carbonyl (C=O) groups excluding carboxylic acids is 3. The molecule has 0 atom stereocenters. The van der Waals surface area contributed by atoms with Gasteiger partial charge in [0.15, 0.2) is 5.82 Å². The molecule has 1 fully saturated rings. The highest BCUT2D eigenvalue weighted by Crippen LogP contribution is 2.36. The van der Waals surface area contributed by atoms with Gasteiger partial charge in [0.2, 0.25) is 0 Å². The molecule has 1 aliphatic heterocycles. The number of rotatable bonds is 4. The van der Waals surface area contributed by atoms with Gasteiger partial charge in [-0.25, -0.2) is 4.98 Å². The van der Waals surface area contributed by atoms with Gasteiger partial charge in [0, 0.05) is 11.6 Å². The van der Waals surface area contributed by atoms with Crippen LogP contribution in [0.25, 0.3) is 11.5 Å². The standard InChI is InChI=1S/C24H27N5O.CO2/c1-16(2)29-15-25-27-23(29)21-9-6-10-22(26-21)28-14-19-12-11-18(13-20(19)24(28)30)17-7-4-3-5-8-17;2-1-3/h6,9-13,15-17H,3-5,7-8,14H2,1-2H3;. The molecular formula is C25H27N5O3. The Bertz CT molecular complexity index is 1170. The number of benzene rings is 1. The number of fused-ring (bicyclic) bond motifs is 1. The molecule has 2 aliphatic rings. The maximum Gasteiger partial charge on any atom is 0.373 e. The lowest BCUT2D eigenvalue weighted by atomic mass is 9.83. The summed E-state index contributed by atoms with van der Waals surface area (Å²) in [5, 5.41) is 8.29. The smallest absolute Gasteiger partial charge is 0.310 e. The van der Waals surface area contributed by atoms with Crippen LogP contribution in [-0.2, 0) is 16.1 Å². The Hall–Kier alpha value is -3.64. The van der Waals surface area contributed by atoms with Crippen molar-refractivity contribution >= 4 is 17.9 Å². The number of hydrogen-bond acceptors (Lipinski definition) is 6. The lowest BCUT2D eigenvalue weighted by molar-refractivity contribution is -0.191. The number of anilines is 1. The monoisotopic (exact) mass is 445 g/mol. The molecule has 1 aromatic carbocycles. The highest BCUT2D eigenvalue weighted by molar-refractivity contribution is 6.09. The second-order valence-corrected chi connectivity index (χ2v) is 8.76. The quantitative estimate of drug-likeness (QED) is 0.584. The van der Waals surface area contributed by atoms with E-state index in [-0.39, 0.29) is 18.1 Å². The van der Waals surface area contributed by atoms with Crippen LogP contribution in [0.2, 0.25) is 0 Å². The SMILES string of the molecule is CC(C)n1cnnc1-c1cccc(N2Cc3ccc(C4CCCCC4)cc3C2=O)n1.O=C=O. The summed E-state index contributed by atoms with van der Waals surface area (Å²) < 4.78 is 1.99. The van der Waals surface area contributed by atoms with Crippen molar-refractivity contribution in [3.05, 3.63) is 59.4 Å². The van der Waals surface area contributed by atoms with Crippen LogP contribution in [0.1, 0.15) is 79.4 Å². The van der Waals surface area contributed by atoms with E-state index in [9.17, 15) is 4.79 Å². The van der Waals surface area contributed by atoms with Crippen LogP contribution in [-0.4, -0.2) is 31.8 Å². The predicted molar refractivity (Wildman–Crippen MR) is 121 cm³/mol. The largest absolute Gasteiger partial charge is 0.373 e. The van der Waals surface area contributed by atoms with E-state index in [0.717, 1.165) is 22.6 Å². The molecule has 5 rings (SSSR count). The Labute approximate surface area is 192 Å². The fourth-order valence-electron chi connectivity index (χ4n) is 4.70. The van der Waals surface area contributed by atoms with Gasteiger partial charge < -0.3 is 4.57 Å². The second-order valence-electron chi connectivity index (χ2n) is 8.76. The van der Waals surface area contributed by atoms with Gasteiger partial charge in [-0.15, -0.1) is 10.2 Å². The molecule has 1 amide bonds. The third-order valence-electron chi connectivity index (χ3n) is 6.38. The number of nitrogens with zero attached hydrogens (tertiary/aromatic N) is 5. The zero-order valence-electron chi connectivity index (χ0n) is 18.9. The highest BCUT2D eigenvalue weighted by atomic mass is 16.2. The van der Waals surface area contributed by atoms with Gasteiger partial charge in [-0.2, -0.15) is 9.59 Å². The minimum absolute atomic E-state index is 0.0395. The first-order valence-corrected chi connectivity index (χ1v) is 11.3. The summed E-state index contributed by atoms with van der Waals surface area (Å²) in [4.78, 5) is 36.0. The number of hydrogen-bond donors (Lipinski definition) is 0. The Morgan fingerprint density at radius 2 is 1.82 bits per heavy atom. The zero-order valence-corrected chi connectivity index (χ0v) is 18.9. The van der Waals surface area contributed by atoms with Gasteiger partial charge in [-0.3, -0.25) is 9.69 Å². The van der Waals surface area contributed by atoms with Crippen molar-refractivity contribution in [1.29, 1.82) is 0 Å². The van der Waals surface area contributed by atoms with Crippen molar-refractivity contribution < 1.29 is 14.4 Å². The Morgan fingerprint density at radius 1 is 1.06 bits per heavy atom. The number of amides is 1. The van der Waals surface area contributed by atoms with E-state index in [1.807, 2.05) is 22.8 Å². The predicted octanol–water partition coefficient (Wildman–Crippen LogP) is 4.55. The Balaban J connectivity index is 0.000000821. The van der Waals surface area contributed by atoms with Gasteiger partial charge in [-0.05, 0) is 61.9 Å². The molecule has 0 radical (unpaired) electrons. The molecule has 8 nitrogen and oxygen atoms in total. The fourth-order valence-corrected chi connectivity index (χ4v) is 4.70. The van der Waals surface area contributed by atoms with Crippen LogP contribution < -0.4 is 4.90 Å². The molecule has 8 heteroatoms. The molecule has 1 aliphatic carbocycles. The summed E-state index contributed by atoms with van der Waals surface area (Å²) in [5.74, 6) is 2.01. The first-order chi connectivity index (χ1) is 16.0. The lowest BCUT2D eigenvalue weighted by Gasteiger charge is -2.22. The minimum Gasteiger partial charge on any atom is -0.310 e. The average Bonchev–Trinajstić information content (AvgIpc) is 3.46. The number of pyridine rings is 1. The van der Waals surface area contributed by atoms with Gasteiger partial charge in [0.05, 0.1) is 6.54 Å². The third-order valence-corrected chi connectivity index (χ3v) is 6.38. The van der Waals surface area contributed by atoms with Crippen LogP contribution in [0, 0.1) is 0 Å². The molecule has 0 N–H and O–H groups in total. The minimum atomic E-state index is 0.0395. The summed E-state index contributed by atoms with van der Waals surface area (Å²) in [7, 11) is 0. The van der Waals surface area contributed by atoms with Crippen molar-refractivity contribution in [3.8, 4) is 11.5 Å². The molecule has 1 saturated carbocycles. The molecule has 3 aromatic rings. The van der Waals surface area contributed by atoms with E-state index >= 15 is 0 Å². The molecular weight excluding hydrogens is 418 g/mol. The highest BCUT2D eigenvalue weighted by Gasteiger charge is 2.31. The van der Waals surface area contributed by atoms with Gasteiger partial charge >= 0.3 is 6.15 Å². The van der Waals surface area contributed by atoms with Gasteiger partial charge in [0.25, 0.3) is 5.91 Å². The lowest BCUT2D eigenvalue weighted by Crippen LogP contribution is -2.24. The Morgan fingerprint density at radius 3 is 2.55 bits per heavy atom. The molecule has 0 spiro atoms. The van der Waals surface area contributed by atoms with Crippen LogP contribution in [0.15, 0.2) is 42.7 Å². The van der Waals surface area contributed by atoms with Gasteiger partial charge in [-0.1, -0.05) is 37.5 Å². The first kappa shape index (κ1) is 22.6. The van der Waals surface area contributed by atoms with Crippen LogP contribution in [0.3, 0.4) is 0 Å². The molecule has 3 heterocycles. The number of carbonyl (C=O) groups is 1. The zero-order chi connectivity index (χ0) is 23.4. The molecule has 2 aromatic heterocycles. The van der Waals surface area contributed by atoms with E-state index in [2.05, 4.69) is 42.2 Å². The molecule has 0 bridgehead atoms. The summed E-state index contributed by atoms with van der Waals surface area (Å²) >= 11 is 0. The maximum absolute atomic E-state index is 13.3. The van der Waals surface area contributed by atoms with Crippen LogP contribution in [0.4, 0.5) is 5.82 Å². The van der Waals surface area contributed by atoms with Crippen molar-refractivity contribution in [2.75, 3.05) is 4.90 Å². The fraction of sp³-hybridized carbons (Fsp3) is 0.400. The average molecular weight is 446 g/mol. The summed E-state index contributed by atoms with van der Waals surface area (Å²) in [6.07, 6.45) is 8.35. The van der Waals surface area contributed by atoms with Crippen LogP contribution >= 0.6 is 0 Å². The second kappa shape index (κ2) is 9.88. The Kier molecular flexibility index (Phi) is 6.75. The van der Waals surface area contributed by atoms with Crippen molar-refractivity contribution in [3.63, 3.8) is 0 Å². The van der Waals surface area contributed by atoms with E-state index in [1.165, 1.54) is 37.7 Å².